The molecule has 3 aromatic rings. The summed E-state index contributed by atoms with van der Waals surface area (Å²) in [6.07, 6.45) is 2.69. The highest BCUT2D eigenvalue weighted by molar-refractivity contribution is 6.24. The number of rotatable bonds is 6. The number of carbonyl (C=O) groups excluding carboxylic acids is 8. The van der Waals surface area contributed by atoms with Gasteiger partial charge in [-0.25, -0.2) is 8.78 Å². The van der Waals surface area contributed by atoms with Gasteiger partial charge in [0, 0.05) is 126 Å². The van der Waals surface area contributed by atoms with E-state index >= 15 is 0 Å². The van der Waals surface area contributed by atoms with Gasteiger partial charge in [0.05, 0.1) is 22.5 Å². The molecule has 0 aromatic heterocycles. The van der Waals surface area contributed by atoms with Gasteiger partial charge < -0.3 is 51.1 Å². The van der Waals surface area contributed by atoms with Gasteiger partial charge in [-0.1, -0.05) is 13.2 Å². The van der Waals surface area contributed by atoms with E-state index in [2.05, 4.69) is 56.0 Å². The molecule has 0 bridgehead atoms. The average molecular weight is 1030 g/mol. The number of hydrogen-bond acceptors (Lipinski definition) is 14. The zero-order valence-corrected chi connectivity index (χ0v) is 41.5. The zero-order chi connectivity index (χ0) is 52.7. The van der Waals surface area contributed by atoms with Gasteiger partial charge in [0.15, 0.2) is 0 Å². The van der Waals surface area contributed by atoms with Crippen LogP contribution in [0.1, 0.15) is 91.1 Å². The maximum atomic E-state index is 14.6. The number of imide groups is 2. The fraction of sp³-hybridized carbons (Fsp3) is 0.434. The lowest BCUT2D eigenvalue weighted by Gasteiger charge is -2.31. The molecule has 394 valence electrons. The highest BCUT2D eigenvalue weighted by atomic mass is 19.1. The third-order valence-electron chi connectivity index (χ3n) is 15.2. The molecule has 9 aliphatic heterocycles. The van der Waals surface area contributed by atoms with Crippen LogP contribution >= 0.6 is 0 Å². The van der Waals surface area contributed by atoms with E-state index in [-0.39, 0.29) is 59.1 Å². The lowest BCUT2D eigenvalue weighted by Crippen LogP contribution is -2.54. The van der Waals surface area contributed by atoms with E-state index in [4.69, 9.17) is 0 Å². The molecule has 0 radical (unpaired) electrons. The first-order valence-corrected chi connectivity index (χ1v) is 25.6. The van der Waals surface area contributed by atoms with Gasteiger partial charge in [-0.05, 0) is 85.7 Å². The SMILES string of the molecule is C=C1CC[C@H](N2Cc3cc(N4CCNCC4)c(F)cc3C2=O)C(=O)N1.C=C1CC[C@H](N2Cc3cc(N4CCNCC4)ccc3C2=O)C(=O)N1.O=C1CCC(N2C(=O)c3cc(F)c(N4CCNCC4)cc3C2=O)C(=O)N1. The number of nitrogens with one attached hydrogen (secondary N) is 6. The molecule has 6 fully saturated rings. The molecular formula is C53H60F2N12O8. The molecule has 0 aliphatic carbocycles. The molecule has 0 saturated carbocycles. The Labute approximate surface area is 431 Å². The topological polar surface area (TPSA) is 228 Å². The van der Waals surface area contributed by atoms with Gasteiger partial charge in [0.1, 0.15) is 29.8 Å². The van der Waals surface area contributed by atoms with Crippen LogP contribution in [-0.4, -0.2) is 159 Å². The van der Waals surface area contributed by atoms with Crippen molar-refractivity contribution in [2.45, 2.75) is 69.7 Å². The number of fused-ring (bicyclic) bond motifs is 3. The number of carbonyl (C=O) groups is 8. The first kappa shape index (κ1) is 50.9. The predicted octanol–water partition coefficient (Wildman–Crippen LogP) is 1.46. The predicted molar refractivity (Wildman–Crippen MR) is 272 cm³/mol. The van der Waals surface area contributed by atoms with E-state index < -0.39 is 47.6 Å². The van der Waals surface area contributed by atoms with Crippen molar-refractivity contribution in [1.82, 2.24) is 46.6 Å². The third-order valence-corrected chi connectivity index (χ3v) is 15.2. The number of amides is 8. The van der Waals surface area contributed by atoms with Crippen LogP contribution in [0.4, 0.5) is 25.8 Å². The minimum atomic E-state index is -1.05. The van der Waals surface area contributed by atoms with Gasteiger partial charge in [0.25, 0.3) is 23.6 Å². The second-order valence-electron chi connectivity index (χ2n) is 20.0. The van der Waals surface area contributed by atoms with Crippen LogP contribution in [0, 0.1) is 11.6 Å². The maximum Gasteiger partial charge on any atom is 0.262 e. The molecule has 6 saturated heterocycles. The molecule has 75 heavy (non-hydrogen) atoms. The van der Waals surface area contributed by atoms with Crippen molar-refractivity contribution in [2.75, 3.05) is 93.2 Å². The normalized spacial score (nSPS) is 23.7. The Morgan fingerprint density at radius 1 is 0.453 bits per heavy atom. The largest absolute Gasteiger partial charge is 0.369 e. The smallest absolute Gasteiger partial charge is 0.262 e. The molecule has 9 heterocycles. The minimum absolute atomic E-state index is 0.0375. The summed E-state index contributed by atoms with van der Waals surface area (Å²) in [5, 5.41) is 17.4. The number of piperazine rings is 3. The number of piperidine rings is 3. The second-order valence-corrected chi connectivity index (χ2v) is 20.0. The van der Waals surface area contributed by atoms with Gasteiger partial charge in [0.2, 0.25) is 23.6 Å². The standard InChI is InChI=1S/C18H21FN4O2.C18H22N4O2.C17H17FN4O4/c1-11-2-3-15(17(24)21-11)23-10-12-8-16(22-6-4-20-5-7-22)14(19)9-13(12)18(23)25;1-12-2-5-16(17(23)20-12)22-11-13-10-14(3-4-15(13)18(22)24)21-8-6-19-7-9-21;18-11-7-9-10(8-13(11)21-5-3-19-4-6-21)17(26)22(16(9)25)12-1-2-14(23)20-15(12)24/h8-9,15,20H,1-7,10H2,(H,21,24);3-4,10,16,19H,1-2,5-9,11H2,(H,20,23);7-8,12,19H,1-6H2,(H,20,23,24)/t15-;16-;/m00./s1. The Morgan fingerprint density at radius 2 is 0.893 bits per heavy atom. The molecule has 20 nitrogen and oxygen atoms in total. The van der Waals surface area contributed by atoms with Crippen molar-refractivity contribution in [3.63, 3.8) is 0 Å². The first-order valence-electron chi connectivity index (χ1n) is 25.6. The van der Waals surface area contributed by atoms with Gasteiger partial charge in [-0.3, -0.25) is 48.6 Å². The van der Waals surface area contributed by atoms with Gasteiger partial charge >= 0.3 is 0 Å². The van der Waals surface area contributed by atoms with Crippen LogP contribution in [0.25, 0.3) is 0 Å². The summed E-state index contributed by atoms with van der Waals surface area (Å²) in [6, 6.07) is 9.64. The number of nitrogens with zero attached hydrogens (tertiary/aromatic N) is 6. The molecule has 22 heteroatoms. The fourth-order valence-electron chi connectivity index (χ4n) is 11.2. The van der Waals surface area contributed by atoms with E-state index in [9.17, 15) is 47.1 Å². The summed E-state index contributed by atoms with van der Waals surface area (Å²) >= 11 is 0. The van der Waals surface area contributed by atoms with Crippen molar-refractivity contribution in [3.05, 3.63) is 112 Å². The summed E-state index contributed by atoms with van der Waals surface area (Å²) in [5.74, 6) is -4.03. The van der Waals surface area contributed by atoms with Crippen LogP contribution in [0.5, 0.6) is 0 Å². The summed E-state index contributed by atoms with van der Waals surface area (Å²) in [4.78, 5) is 109. The molecule has 8 amide bonds. The number of anilines is 3. The molecule has 3 aromatic carbocycles. The minimum Gasteiger partial charge on any atom is -0.369 e. The van der Waals surface area contributed by atoms with Crippen molar-refractivity contribution in [2.24, 2.45) is 0 Å². The second kappa shape index (κ2) is 21.4. The number of allylic oxidation sites excluding steroid dienone is 2. The number of hydrogen-bond donors (Lipinski definition) is 6. The summed E-state index contributed by atoms with van der Waals surface area (Å²) in [5.41, 5.74) is 6.34. The molecule has 0 spiro atoms. The molecular weight excluding hydrogens is 971 g/mol. The first-order chi connectivity index (χ1) is 36.1. The lowest BCUT2D eigenvalue weighted by molar-refractivity contribution is -0.136. The average Bonchev–Trinajstić information content (AvgIpc) is 3.99. The van der Waals surface area contributed by atoms with Crippen molar-refractivity contribution < 1.29 is 47.1 Å². The molecule has 12 rings (SSSR count). The summed E-state index contributed by atoms with van der Waals surface area (Å²) in [7, 11) is 0. The van der Waals surface area contributed by atoms with Gasteiger partial charge in [-0.2, -0.15) is 0 Å². The van der Waals surface area contributed by atoms with Crippen LogP contribution in [0.2, 0.25) is 0 Å². The van der Waals surface area contributed by atoms with Crippen LogP contribution in [0.15, 0.2) is 67.0 Å². The highest BCUT2D eigenvalue weighted by Crippen LogP contribution is 2.36. The van der Waals surface area contributed by atoms with Crippen molar-refractivity contribution in [1.29, 1.82) is 0 Å². The molecule has 6 N–H and O–H groups in total. The Hall–Kier alpha value is -7.56. The fourth-order valence-corrected chi connectivity index (χ4v) is 11.2. The Kier molecular flexibility index (Phi) is 14.5. The number of benzene rings is 3. The zero-order valence-electron chi connectivity index (χ0n) is 41.5. The van der Waals surface area contributed by atoms with Crippen LogP contribution in [0.3, 0.4) is 0 Å². The maximum absolute atomic E-state index is 14.6. The van der Waals surface area contributed by atoms with Crippen LogP contribution < -0.4 is 46.6 Å². The summed E-state index contributed by atoms with van der Waals surface area (Å²) < 4.78 is 29.1. The van der Waals surface area contributed by atoms with E-state index in [1.54, 1.807) is 15.9 Å². The van der Waals surface area contributed by atoms with E-state index in [0.717, 1.165) is 97.8 Å². The van der Waals surface area contributed by atoms with Crippen molar-refractivity contribution in [3.8, 4) is 0 Å². The Bertz CT molecular complexity index is 2910. The monoisotopic (exact) mass is 1030 g/mol. The highest BCUT2D eigenvalue weighted by Gasteiger charge is 2.46. The molecule has 3 atom stereocenters. The summed E-state index contributed by atoms with van der Waals surface area (Å²) in [6.45, 7) is 18.0. The third kappa shape index (κ3) is 10.2. The Morgan fingerprint density at radius 3 is 1.41 bits per heavy atom. The van der Waals surface area contributed by atoms with E-state index in [0.29, 0.717) is 75.5 Å². The molecule has 1 unspecified atom stereocenters. The number of halogens is 2. The van der Waals surface area contributed by atoms with Crippen molar-refractivity contribution >= 4 is 64.3 Å². The molecule has 9 aliphatic rings. The van der Waals surface area contributed by atoms with E-state index in [1.807, 2.05) is 21.9 Å². The van der Waals surface area contributed by atoms with E-state index in [1.165, 1.54) is 12.1 Å². The van der Waals surface area contributed by atoms with Crippen LogP contribution in [-0.2, 0) is 32.3 Å². The lowest BCUT2D eigenvalue weighted by atomic mass is 10.0. The van der Waals surface area contributed by atoms with Gasteiger partial charge in [-0.15, -0.1) is 0 Å². The Balaban J connectivity index is 0.000000128. The quantitative estimate of drug-likeness (QED) is 0.192.